The van der Waals surface area contributed by atoms with Crippen LogP contribution in [0.4, 0.5) is 0 Å². The number of benzene rings is 1. The van der Waals surface area contributed by atoms with Crippen LogP contribution in [0.25, 0.3) is 5.65 Å². The van der Waals surface area contributed by atoms with E-state index in [-0.39, 0.29) is 5.56 Å². The second-order valence-electron chi connectivity index (χ2n) is 4.54. The zero-order valence-corrected chi connectivity index (χ0v) is 12.2. The number of nitrogens with zero attached hydrogens (tertiary/aromatic N) is 3. The van der Waals surface area contributed by atoms with E-state index in [9.17, 15) is 4.79 Å². The van der Waals surface area contributed by atoms with Gasteiger partial charge in [-0.1, -0.05) is 18.2 Å². The number of carboxylic acid groups (broad SMARTS) is 1. The number of rotatable bonds is 4. The van der Waals surface area contributed by atoms with Gasteiger partial charge in [0.25, 0.3) is 0 Å². The lowest BCUT2D eigenvalue weighted by molar-refractivity contribution is 0.0696. The molecule has 0 fully saturated rings. The molecule has 2 heterocycles. The number of hydrogen-bond acceptors (Lipinski definition) is 4. The SMILES string of the molecule is CSc1ccccc1Cc1nc2ccc(C(=O)O)cn2n1. The molecule has 5 nitrogen and oxygen atoms in total. The second kappa shape index (κ2) is 5.57. The molecule has 0 atom stereocenters. The van der Waals surface area contributed by atoms with E-state index in [4.69, 9.17) is 5.11 Å². The molecule has 0 radical (unpaired) electrons. The van der Waals surface area contributed by atoms with Crippen molar-refractivity contribution in [1.82, 2.24) is 14.6 Å². The zero-order chi connectivity index (χ0) is 14.8. The largest absolute Gasteiger partial charge is 0.478 e. The average Bonchev–Trinajstić information content (AvgIpc) is 2.89. The Labute approximate surface area is 125 Å². The van der Waals surface area contributed by atoms with Gasteiger partial charge in [-0.05, 0) is 30.0 Å². The fourth-order valence-electron chi connectivity index (χ4n) is 2.15. The van der Waals surface area contributed by atoms with Crippen LogP contribution >= 0.6 is 11.8 Å². The van der Waals surface area contributed by atoms with Gasteiger partial charge in [0.05, 0.1) is 5.56 Å². The predicted molar refractivity (Wildman–Crippen MR) is 81.0 cm³/mol. The van der Waals surface area contributed by atoms with Gasteiger partial charge in [0.1, 0.15) is 0 Å². The average molecular weight is 299 g/mol. The van der Waals surface area contributed by atoms with Gasteiger partial charge in [0.2, 0.25) is 0 Å². The molecule has 0 aliphatic heterocycles. The minimum absolute atomic E-state index is 0.198. The molecule has 0 unspecified atom stereocenters. The number of carbonyl (C=O) groups is 1. The number of aromatic nitrogens is 3. The molecule has 3 aromatic rings. The highest BCUT2D eigenvalue weighted by molar-refractivity contribution is 7.98. The first-order chi connectivity index (χ1) is 10.2. The molecule has 106 valence electrons. The van der Waals surface area contributed by atoms with Crippen LogP contribution in [0, 0.1) is 0 Å². The molecule has 0 aliphatic carbocycles. The molecule has 0 spiro atoms. The maximum absolute atomic E-state index is 11.0. The number of pyridine rings is 1. The van der Waals surface area contributed by atoms with E-state index in [1.807, 2.05) is 18.4 Å². The van der Waals surface area contributed by atoms with Crippen LogP contribution in [0.2, 0.25) is 0 Å². The molecule has 3 rings (SSSR count). The lowest BCUT2D eigenvalue weighted by Gasteiger charge is -2.03. The first-order valence-electron chi connectivity index (χ1n) is 6.38. The fraction of sp³-hybridized carbons (Fsp3) is 0.133. The number of hydrogen-bond donors (Lipinski definition) is 1. The van der Waals surface area contributed by atoms with Gasteiger partial charge in [-0.15, -0.1) is 11.8 Å². The second-order valence-corrected chi connectivity index (χ2v) is 5.39. The van der Waals surface area contributed by atoms with E-state index in [0.717, 1.165) is 0 Å². The van der Waals surface area contributed by atoms with Crippen LogP contribution in [0.5, 0.6) is 0 Å². The predicted octanol–water partition coefficient (Wildman–Crippen LogP) is 2.74. The first kappa shape index (κ1) is 13.6. The van der Waals surface area contributed by atoms with Gasteiger partial charge in [-0.25, -0.2) is 14.3 Å². The molecule has 0 saturated carbocycles. The Bertz CT molecular complexity index is 814. The van der Waals surface area contributed by atoms with E-state index in [1.165, 1.54) is 27.2 Å². The molecule has 0 saturated heterocycles. The van der Waals surface area contributed by atoms with E-state index in [0.29, 0.717) is 17.9 Å². The Morgan fingerprint density at radius 1 is 1.29 bits per heavy atom. The van der Waals surface area contributed by atoms with Crippen molar-refractivity contribution in [2.24, 2.45) is 0 Å². The summed E-state index contributed by atoms with van der Waals surface area (Å²) in [5.74, 6) is -0.291. The van der Waals surface area contributed by atoms with Gasteiger partial charge in [0, 0.05) is 17.5 Å². The van der Waals surface area contributed by atoms with Crippen molar-refractivity contribution >= 4 is 23.4 Å². The van der Waals surface area contributed by atoms with Crippen molar-refractivity contribution in [2.75, 3.05) is 6.26 Å². The lowest BCUT2D eigenvalue weighted by Crippen LogP contribution is -1.99. The minimum atomic E-state index is -0.971. The van der Waals surface area contributed by atoms with Crippen molar-refractivity contribution in [2.45, 2.75) is 11.3 Å². The Hall–Kier alpha value is -2.34. The van der Waals surface area contributed by atoms with Crippen molar-refractivity contribution in [1.29, 1.82) is 0 Å². The summed E-state index contributed by atoms with van der Waals surface area (Å²) in [7, 11) is 0. The third-order valence-corrected chi connectivity index (χ3v) is 4.00. The van der Waals surface area contributed by atoms with Crippen LogP contribution in [-0.4, -0.2) is 31.9 Å². The molecular weight excluding hydrogens is 286 g/mol. The number of thioether (sulfide) groups is 1. The van der Waals surface area contributed by atoms with E-state index in [2.05, 4.69) is 22.2 Å². The molecule has 6 heteroatoms. The monoisotopic (exact) mass is 299 g/mol. The number of aromatic carboxylic acids is 1. The summed E-state index contributed by atoms with van der Waals surface area (Å²) in [6, 6.07) is 11.3. The standard InChI is InChI=1S/C15H13N3O2S/c1-21-12-5-3-2-4-10(12)8-13-16-14-7-6-11(15(19)20)9-18(14)17-13/h2-7,9H,8H2,1H3,(H,19,20). The topological polar surface area (TPSA) is 67.5 Å². The molecule has 0 bridgehead atoms. The van der Waals surface area contributed by atoms with Gasteiger partial charge >= 0.3 is 5.97 Å². The van der Waals surface area contributed by atoms with Gasteiger partial charge in [-0.2, -0.15) is 5.10 Å². The summed E-state index contributed by atoms with van der Waals surface area (Å²) < 4.78 is 1.51. The Balaban J connectivity index is 1.96. The van der Waals surface area contributed by atoms with E-state index < -0.39 is 5.97 Å². The van der Waals surface area contributed by atoms with E-state index >= 15 is 0 Å². The number of carboxylic acids is 1. The van der Waals surface area contributed by atoms with Crippen LogP contribution < -0.4 is 0 Å². The highest BCUT2D eigenvalue weighted by atomic mass is 32.2. The summed E-state index contributed by atoms with van der Waals surface area (Å²) in [5.41, 5.74) is 2.01. The maximum Gasteiger partial charge on any atom is 0.337 e. The molecule has 0 amide bonds. The van der Waals surface area contributed by atoms with Gasteiger partial charge in [0.15, 0.2) is 11.5 Å². The van der Waals surface area contributed by atoms with Gasteiger partial charge in [-0.3, -0.25) is 0 Å². The maximum atomic E-state index is 11.0. The van der Waals surface area contributed by atoms with Crippen LogP contribution in [-0.2, 0) is 6.42 Å². The lowest BCUT2D eigenvalue weighted by atomic mass is 10.1. The fourth-order valence-corrected chi connectivity index (χ4v) is 2.77. The van der Waals surface area contributed by atoms with Crippen molar-refractivity contribution in [3.05, 3.63) is 59.5 Å². The van der Waals surface area contributed by atoms with Crippen molar-refractivity contribution in [3.63, 3.8) is 0 Å². The molecule has 21 heavy (non-hydrogen) atoms. The molecule has 2 aromatic heterocycles. The third kappa shape index (κ3) is 2.75. The summed E-state index contributed by atoms with van der Waals surface area (Å²) in [5, 5.41) is 13.3. The van der Waals surface area contributed by atoms with Crippen LogP contribution in [0.3, 0.4) is 0 Å². The zero-order valence-electron chi connectivity index (χ0n) is 11.4. The summed E-state index contributed by atoms with van der Waals surface area (Å²) >= 11 is 1.69. The summed E-state index contributed by atoms with van der Waals surface area (Å²) in [4.78, 5) is 16.6. The third-order valence-electron chi connectivity index (χ3n) is 3.16. The Kier molecular flexibility index (Phi) is 3.62. The van der Waals surface area contributed by atoms with Crippen LogP contribution in [0.1, 0.15) is 21.7 Å². The highest BCUT2D eigenvalue weighted by Crippen LogP contribution is 2.21. The quantitative estimate of drug-likeness (QED) is 0.750. The van der Waals surface area contributed by atoms with E-state index in [1.54, 1.807) is 17.8 Å². The van der Waals surface area contributed by atoms with Crippen molar-refractivity contribution < 1.29 is 9.90 Å². The smallest absolute Gasteiger partial charge is 0.337 e. The minimum Gasteiger partial charge on any atom is -0.478 e. The summed E-state index contributed by atoms with van der Waals surface area (Å²) in [6.45, 7) is 0. The normalized spacial score (nSPS) is 10.9. The number of fused-ring (bicyclic) bond motifs is 1. The molecule has 0 aliphatic rings. The molecular formula is C15H13N3O2S. The summed E-state index contributed by atoms with van der Waals surface area (Å²) in [6.07, 6.45) is 4.14. The van der Waals surface area contributed by atoms with Crippen LogP contribution in [0.15, 0.2) is 47.5 Å². The molecule has 1 N–H and O–H groups in total. The first-order valence-corrected chi connectivity index (χ1v) is 7.60. The van der Waals surface area contributed by atoms with Crippen molar-refractivity contribution in [3.8, 4) is 0 Å². The highest BCUT2D eigenvalue weighted by Gasteiger charge is 2.10. The van der Waals surface area contributed by atoms with Gasteiger partial charge < -0.3 is 5.11 Å². The Morgan fingerprint density at radius 2 is 2.10 bits per heavy atom. The Morgan fingerprint density at radius 3 is 2.86 bits per heavy atom. The molecule has 1 aromatic carbocycles.